The Morgan fingerprint density at radius 1 is 0.517 bits per heavy atom. The Bertz CT molecular complexity index is 1500. The molecule has 2 heteroatoms. The van der Waals surface area contributed by atoms with Gasteiger partial charge in [-0.2, -0.15) is 0 Å². The van der Waals surface area contributed by atoms with Gasteiger partial charge < -0.3 is 0 Å². The summed E-state index contributed by atoms with van der Waals surface area (Å²) >= 11 is 3.73. The van der Waals surface area contributed by atoms with Gasteiger partial charge in [0.2, 0.25) is 0 Å². The van der Waals surface area contributed by atoms with Gasteiger partial charge in [-0.1, -0.05) is 94.8 Å². The highest BCUT2D eigenvalue weighted by molar-refractivity contribution is 9.10. The fourth-order valence-electron chi connectivity index (χ4n) is 4.34. The number of halogens is 1. The molecule has 0 bridgehead atoms. The second kappa shape index (κ2) is 6.40. The standard InChI is InChI=1S/C27H16BrN/c28-23-16-12-19-10-14-21-20(13-9-18-11-15-22(23)27(19)26(18)21)25-8-4-7-24(29-25)17-5-2-1-3-6-17/h1-16H. The predicted molar refractivity (Wildman–Crippen MR) is 127 cm³/mol. The number of nitrogens with zero attached hydrogens (tertiary/aromatic N) is 1. The van der Waals surface area contributed by atoms with Gasteiger partial charge >= 0.3 is 0 Å². The van der Waals surface area contributed by atoms with Crippen molar-refractivity contribution in [2.75, 3.05) is 0 Å². The number of pyridine rings is 1. The maximum absolute atomic E-state index is 5.00. The Hall–Kier alpha value is -3.23. The van der Waals surface area contributed by atoms with Crippen LogP contribution in [0.3, 0.4) is 0 Å². The van der Waals surface area contributed by atoms with E-state index in [1.165, 1.54) is 37.9 Å². The lowest BCUT2D eigenvalue weighted by atomic mass is 9.91. The summed E-state index contributed by atoms with van der Waals surface area (Å²) in [4.78, 5) is 5.00. The van der Waals surface area contributed by atoms with Crippen LogP contribution in [0.5, 0.6) is 0 Å². The average molecular weight is 434 g/mol. The monoisotopic (exact) mass is 433 g/mol. The molecule has 136 valence electrons. The quantitative estimate of drug-likeness (QED) is 0.251. The van der Waals surface area contributed by atoms with Crippen LogP contribution in [0.1, 0.15) is 0 Å². The van der Waals surface area contributed by atoms with Crippen LogP contribution in [-0.2, 0) is 0 Å². The Balaban J connectivity index is 1.66. The highest BCUT2D eigenvalue weighted by Gasteiger charge is 2.14. The van der Waals surface area contributed by atoms with Crippen molar-refractivity contribution in [3.05, 3.63) is 102 Å². The molecule has 0 spiro atoms. The maximum Gasteiger partial charge on any atom is 0.0715 e. The molecule has 1 nitrogen and oxygen atoms in total. The lowest BCUT2D eigenvalue weighted by Gasteiger charge is -2.15. The summed E-state index contributed by atoms with van der Waals surface area (Å²) in [6, 6.07) is 34.3. The van der Waals surface area contributed by atoms with Gasteiger partial charge in [0, 0.05) is 15.6 Å². The zero-order valence-electron chi connectivity index (χ0n) is 15.6. The molecule has 0 amide bonds. The van der Waals surface area contributed by atoms with E-state index in [-0.39, 0.29) is 0 Å². The van der Waals surface area contributed by atoms with Gasteiger partial charge in [0.15, 0.2) is 0 Å². The summed E-state index contributed by atoms with van der Waals surface area (Å²) in [5.74, 6) is 0. The van der Waals surface area contributed by atoms with Crippen molar-refractivity contribution in [3.8, 4) is 22.5 Å². The molecule has 0 radical (unpaired) electrons. The molecule has 5 aromatic carbocycles. The van der Waals surface area contributed by atoms with Gasteiger partial charge in [-0.15, -0.1) is 0 Å². The molecule has 0 unspecified atom stereocenters. The number of aromatic nitrogens is 1. The number of benzene rings is 5. The normalized spacial score (nSPS) is 11.6. The average Bonchev–Trinajstić information content (AvgIpc) is 2.79. The Morgan fingerprint density at radius 2 is 1.17 bits per heavy atom. The predicted octanol–water partition coefficient (Wildman–Crippen LogP) is 8.08. The van der Waals surface area contributed by atoms with Crippen molar-refractivity contribution in [2.24, 2.45) is 0 Å². The first-order chi connectivity index (χ1) is 14.3. The molecule has 6 rings (SSSR count). The summed E-state index contributed by atoms with van der Waals surface area (Å²) in [5, 5.41) is 7.66. The molecular weight excluding hydrogens is 418 g/mol. The molecule has 1 aromatic heterocycles. The van der Waals surface area contributed by atoms with E-state index in [0.29, 0.717) is 0 Å². The van der Waals surface area contributed by atoms with Crippen LogP contribution in [0.25, 0.3) is 54.8 Å². The molecule has 0 N–H and O–H groups in total. The van der Waals surface area contributed by atoms with E-state index < -0.39 is 0 Å². The minimum Gasteiger partial charge on any atom is -0.248 e. The molecular formula is C27H16BrN. The van der Waals surface area contributed by atoms with Gasteiger partial charge in [0.05, 0.1) is 11.4 Å². The van der Waals surface area contributed by atoms with E-state index >= 15 is 0 Å². The first-order valence-corrected chi connectivity index (χ1v) is 10.5. The van der Waals surface area contributed by atoms with Crippen molar-refractivity contribution in [1.82, 2.24) is 4.98 Å². The van der Waals surface area contributed by atoms with E-state index in [9.17, 15) is 0 Å². The fourth-order valence-corrected chi connectivity index (χ4v) is 4.81. The highest BCUT2D eigenvalue weighted by Crippen LogP contribution is 2.41. The van der Waals surface area contributed by atoms with E-state index in [1.54, 1.807) is 0 Å². The molecule has 0 aliphatic rings. The van der Waals surface area contributed by atoms with Crippen LogP contribution >= 0.6 is 15.9 Å². The molecule has 29 heavy (non-hydrogen) atoms. The molecule has 0 atom stereocenters. The van der Waals surface area contributed by atoms with Crippen LogP contribution in [0.4, 0.5) is 0 Å². The second-order valence-corrected chi connectivity index (χ2v) is 8.21. The van der Waals surface area contributed by atoms with Gasteiger partial charge in [-0.05, 0) is 50.5 Å². The molecule has 0 saturated carbocycles. The van der Waals surface area contributed by atoms with E-state index in [0.717, 1.165) is 21.4 Å². The van der Waals surface area contributed by atoms with E-state index in [1.807, 2.05) is 6.07 Å². The molecule has 1 heterocycles. The molecule has 0 aliphatic carbocycles. The third-order valence-corrected chi connectivity index (χ3v) is 6.40. The van der Waals surface area contributed by atoms with Crippen molar-refractivity contribution in [2.45, 2.75) is 0 Å². The largest absolute Gasteiger partial charge is 0.248 e. The Labute approximate surface area is 177 Å². The summed E-state index contributed by atoms with van der Waals surface area (Å²) in [5.41, 5.74) is 4.31. The van der Waals surface area contributed by atoms with Crippen LogP contribution in [0.2, 0.25) is 0 Å². The number of rotatable bonds is 2. The van der Waals surface area contributed by atoms with Crippen LogP contribution in [0.15, 0.2) is 102 Å². The lowest BCUT2D eigenvalue weighted by molar-refractivity contribution is 1.33. The van der Waals surface area contributed by atoms with E-state index in [4.69, 9.17) is 4.98 Å². The third kappa shape index (κ3) is 2.56. The molecule has 0 saturated heterocycles. The van der Waals surface area contributed by atoms with Gasteiger partial charge in [0.25, 0.3) is 0 Å². The smallest absolute Gasteiger partial charge is 0.0715 e. The SMILES string of the molecule is Brc1ccc2ccc3c(-c4cccc(-c5ccccc5)n4)ccc4ccc1c2c43. The number of hydrogen-bond donors (Lipinski definition) is 0. The van der Waals surface area contributed by atoms with Gasteiger partial charge in [0.1, 0.15) is 0 Å². The Kier molecular flexibility index (Phi) is 3.68. The van der Waals surface area contributed by atoms with Gasteiger partial charge in [-0.3, -0.25) is 0 Å². The van der Waals surface area contributed by atoms with Crippen LogP contribution in [-0.4, -0.2) is 4.98 Å². The second-order valence-electron chi connectivity index (χ2n) is 7.36. The summed E-state index contributed by atoms with van der Waals surface area (Å²) < 4.78 is 1.13. The van der Waals surface area contributed by atoms with E-state index in [2.05, 4.69) is 107 Å². The molecule has 0 fully saturated rings. The number of hydrogen-bond acceptors (Lipinski definition) is 1. The summed E-state index contributed by atoms with van der Waals surface area (Å²) in [6.45, 7) is 0. The molecule has 0 aliphatic heterocycles. The first-order valence-electron chi connectivity index (χ1n) is 9.68. The topological polar surface area (TPSA) is 12.9 Å². The zero-order valence-corrected chi connectivity index (χ0v) is 17.1. The highest BCUT2D eigenvalue weighted by atomic mass is 79.9. The zero-order chi connectivity index (χ0) is 19.4. The minimum absolute atomic E-state index is 0.997. The fraction of sp³-hybridized carbons (Fsp3) is 0. The first kappa shape index (κ1) is 16.7. The minimum atomic E-state index is 0.997. The lowest BCUT2D eigenvalue weighted by Crippen LogP contribution is -1.91. The van der Waals surface area contributed by atoms with Crippen molar-refractivity contribution in [1.29, 1.82) is 0 Å². The van der Waals surface area contributed by atoms with Crippen molar-refractivity contribution >= 4 is 48.2 Å². The summed E-state index contributed by atoms with van der Waals surface area (Å²) in [6.07, 6.45) is 0. The Morgan fingerprint density at radius 3 is 2.00 bits per heavy atom. The third-order valence-electron chi connectivity index (χ3n) is 5.71. The summed E-state index contributed by atoms with van der Waals surface area (Å²) in [7, 11) is 0. The molecule has 6 aromatic rings. The van der Waals surface area contributed by atoms with Crippen molar-refractivity contribution < 1.29 is 0 Å². The van der Waals surface area contributed by atoms with Crippen LogP contribution < -0.4 is 0 Å². The van der Waals surface area contributed by atoms with Crippen molar-refractivity contribution in [3.63, 3.8) is 0 Å². The van der Waals surface area contributed by atoms with Gasteiger partial charge in [-0.25, -0.2) is 4.98 Å². The van der Waals surface area contributed by atoms with Crippen LogP contribution in [0, 0.1) is 0 Å². The maximum atomic E-state index is 5.00.